The molecule has 0 N–H and O–H groups in total. The summed E-state index contributed by atoms with van der Waals surface area (Å²) in [6.45, 7) is 1.89. The van der Waals surface area contributed by atoms with E-state index in [1.54, 1.807) is 60.7 Å². The van der Waals surface area contributed by atoms with Crippen LogP contribution in [-0.4, -0.2) is 11.8 Å². The van der Waals surface area contributed by atoms with Crippen molar-refractivity contribution in [2.75, 3.05) is 0 Å². The average molecular weight is 316 g/mol. The van der Waals surface area contributed by atoms with Gasteiger partial charge >= 0.3 is 5.97 Å². The maximum atomic E-state index is 12.7. The van der Waals surface area contributed by atoms with Crippen molar-refractivity contribution in [3.63, 3.8) is 0 Å². The van der Waals surface area contributed by atoms with Gasteiger partial charge in [0.25, 0.3) is 0 Å². The Balaban J connectivity index is 1.95. The van der Waals surface area contributed by atoms with Crippen LogP contribution in [0.3, 0.4) is 0 Å². The Bertz CT molecular complexity index is 868. The fourth-order valence-electron chi connectivity index (χ4n) is 2.38. The topological polar surface area (TPSA) is 43.4 Å². The highest BCUT2D eigenvalue weighted by Crippen LogP contribution is 2.24. The van der Waals surface area contributed by atoms with Crippen LogP contribution in [0.2, 0.25) is 0 Å². The normalized spacial score (nSPS) is 10.2. The summed E-state index contributed by atoms with van der Waals surface area (Å²) in [5, 5.41) is 0. The summed E-state index contributed by atoms with van der Waals surface area (Å²) in [6.07, 6.45) is 0. The number of benzene rings is 3. The first kappa shape index (κ1) is 15.7. The molecule has 24 heavy (non-hydrogen) atoms. The minimum atomic E-state index is -0.483. The predicted molar refractivity (Wildman–Crippen MR) is 92.5 cm³/mol. The molecule has 0 radical (unpaired) electrons. The first-order valence-electron chi connectivity index (χ1n) is 7.63. The first-order chi connectivity index (χ1) is 11.6. The lowest BCUT2D eigenvalue weighted by molar-refractivity contribution is 0.0733. The van der Waals surface area contributed by atoms with Crippen LogP contribution in [0.15, 0.2) is 78.9 Å². The molecule has 3 aromatic rings. The van der Waals surface area contributed by atoms with Crippen molar-refractivity contribution in [3.8, 4) is 5.75 Å². The van der Waals surface area contributed by atoms with Crippen LogP contribution < -0.4 is 4.74 Å². The van der Waals surface area contributed by atoms with E-state index >= 15 is 0 Å². The standard InChI is InChI=1S/C21H16O3/c1-15-12-13-18(20(22)16-8-4-2-5-9-16)19(14-15)24-21(23)17-10-6-3-7-11-17/h2-14H,1H3. The Morgan fingerprint density at radius 3 is 1.96 bits per heavy atom. The second-order valence-corrected chi connectivity index (χ2v) is 5.45. The van der Waals surface area contributed by atoms with Gasteiger partial charge in [0.05, 0.1) is 11.1 Å². The van der Waals surface area contributed by atoms with E-state index in [4.69, 9.17) is 4.74 Å². The maximum Gasteiger partial charge on any atom is 0.343 e. The Hall–Kier alpha value is -3.20. The number of aryl methyl sites for hydroxylation is 1. The van der Waals surface area contributed by atoms with Gasteiger partial charge in [-0.15, -0.1) is 0 Å². The lowest BCUT2D eigenvalue weighted by atomic mass is 10.0. The zero-order chi connectivity index (χ0) is 16.9. The molecule has 0 saturated heterocycles. The highest BCUT2D eigenvalue weighted by atomic mass is 16.5. The summed E-state index contributed by atoms with van der Waals surface area (Å²) in [5.74, 6) is -0.382. The summed E-state index contributed by atoms with van der Waals surface area (Å²) in [7, 11) is 0. The molecule has 0 spiro atoms. The van der Waals surface area contributed by atoms with E-state index in [-0.39, 0.29) is 11.5 Å². The fourth-order valence-corrected chi connectivity index (χ4v) is 2.38. The molecule has 0 fully saturated rings. The van der Waals surface area contributed by atoms with Gasteiger partial charge in [0.1, 0.15) is 5.75 Å². The van der Waals surface area contributed by atoms with Gasteiger partial charge < -0.3 is 4.74 Å². The summed E-state index contributed by atoms with van der Waals surface area (Å²) in [6, 6.07) is 22.9. The van der Waals surface area contributed by atoms with Crippen molar-refractivity contribution in [1.82, 2.24) is 0 Å². The van der Waals surface area contributed by atoms with Crippen molar-refractivity contribution in [1.29, 1.82) is 0 Å². The largest absolute Gasteiger partial charge is 0.422 e. The summed E-state index contributed by atoms with van der Waals surface area (Å²) in [5.41, 5.74) is 2.28. The van der Waals surface area contributed by atoms with E-state index in [0.717, 1.165) is 5.56 Å². The highest BCUT2D eigenvalue weighted by Gasteiger charge is 2.17. The van der Waals surface area contributed by atoms with Crippen LogP contribution in [0.1, 0.15) is 31.8 Å². The van der Waals surface area contributed by atoms with Gasteiger partial charge in [0.2, 0.25) is 0 Å². The van der Waals surface area contributed by atoms with Crippen LogP contribution in [0.4, 0.5) is 0 Å². The van der Waals surface area contributed by atoms with Crippen molar-refractivity contribution in [3.05, 3.63) is 101 Å². The van der Waals surface area contributed by atoms with Crippen LogP contribution in [0.25, 0.3) is 0 Å². The van der Waals surface area contributed by atoms with Gasteiger partial charge in [-0.2, -0.15) is 0 Å². The van der Waals surface area contributed by atoms with Crippen LogP contribution in [-0.2, 0) is 0 Å². The van der Waals surface area contributed by atoms with E-state index in [1.807, 2.05) is 25.1 Å². The molecule has 0 aliphatic rings. The third-order valence-corrected chi connectivity index (χ3v) is 3.63. The van der Waals surface area contributed by atoms with Gasteiger partial charge in [-0.3, -0.25) is 4.79 Å². The van der Waals surface area contributed by atoms with Gasteiger partial charge in [-0.25, -0.2) is 4.79 Å². The number of carbonyl (C=O) groups excluding carboxylic acids is 2. The number of ether oxygens (including phenoxy) is 1. The third kappa shape index (κ3) is 3.41. The SMILES string of the molecule is Cc1ccc(C(=O)c2ccccc2)c(OC(=O)c2ccccc2)c1. The Morgan fingerprint density at radius 1 is 0.750 bits per heavy atom. The highest BCUT2D eigenvalue weighted by molar-refractivity contribution is 6.11. The lowest BCUT2D eigenvalue weighted by Gasteiger charge is -2.10. The van der Waals surface area contributed by atoms with E-state index in [0.29, 0.717) is 16.7 Å². The zero-order valence-electron chi connectivity index (χ0n) is 13.2. The molecule has 0 aromatic heterocycles. The number of hydrogen-bond acceptors (Lipinski definition) is 3. The minimum absolute atomic E-state index is 0.175. The number of rotatable bonds is 4. The van der Waals surface area contributed by atoms with Crippen LogP contribution in [0.5, 0.6) is 5.75 Å². The predicted octanol–water partition coefficient (Wildman–Crippen LogP) is 4.45. The monoisotopic (exact) mass is 316 g/mol. The van der Waals surface area contributed by atoms with E-state index in [2.05, 4.69) is 0 Å². The molecule has 0 heterocycles. The van der Waals surface area contributed by atoms with Gasteiger partial charge in [-0.1, -0.05) is 54.6 Å². The molecule has 0 aliphatic heterocycles. The molecule has 0 bridgehead atoms. The molecule has 3 rings (SSSR count). The van der Waals surface area contributed by atoms with Gasteiger partial charge in [0, 0.05) is 5.56 Å². The van der Waals surface area contributed by atoms with Crippen molar-refractivity contribution in [2.45, 2.75) is 6.92 Å². The van der Waals surface area contributed by atoms with Crippen LogP contribution in [0, 0.1) is 6.92 Å². The average Bonchev–Trinajstić information content (AvgIpc) is 2.63. The smallest absolute Gasteiger partial charge is 0.343 e. The summed E-state index contributed by atoms with van der Waals surface area (Å²) in [4.78, 5) is 25.0. The van der Waals surface area contributed by atoms with Crippen LogP contribution >= 0.6 is 0 Å². The van der Waals surface area contributed by atoms with Crippen molar-refractivity contribution >= 4 is 11.8 Å². The quantitative estimate of drug-likeness (QED) is 0.406. The molecule has 0 unspecified atom stereocenters. The number of ketones is 1. The maximum absolute atomic E-state index is 12.7. The van der Waals surface area contributed by atoms with Crippen molar-refractivity contribution < 1.29 is 14.3 Å². The first-order valence-corrected chi connectivity index (χ1v) is 7.63. The molecule has 0 saturated carbocycles. The van der Waals surface area contributed by atoms with Gasteiger partial charge in [-0.05, 0) is 36.8 Å². The van der Waals surface area contributed by atoms with Gasteiger partial charge in [0.15, 0.2) is 5.78 Å². The zero-order valence-corrected chi connectivity index (χ0v) is 13.2. The second kappa shape index (κ2) is 6.92. The van der Waals surface area contributed by atoms with Crippen molar-refractivity contribution in [2.24, 2.45) is 0 Å². The molecule has 0 atom stereocenters. The van der Waals surface area contributed by atoms with E-state index in [9.17, 15) is 9.59 Å². The number of esters is 1. The molecule has 118 valence electrons. The Kier molecular flexibility index (Phi) is 4.52. The second-order valence-electron chi connectivity index (χ2n) is 5.45. The fraction of sp³-hybridized carbons (Fsp3) is 0.0476. The molecule has 3 nitrogen and oxygen atoms in total. The van der Waals surface area contributed by atoms with E-state index in [1.165, 1.54) is 0 Å². The van der Waals surface area contributed by atoms with E-state index < -0.39 is 5.97 Å². The number of carbonyl (C=O) groups is 2. The molecular weight excluding hydrogens is 300 g/mol. The minimum Gasteiger partial charge on any atom is -0.422 e. The lowest BCUT2D eigenvalue weighted by Crippen LogP contribution is -2.12. The molecular formula is C21H16O3. The number of hydrogen-bond donors (Lipinski definition) is 0. The Labute approximate surface area is 140 Å². The molecule has 0 amide bonds. The molecule has 3 aromatic carbocycles. The summed E-state index contributed by atoms with van der Waals surface area (Å²) < 4.78 is 5.50. The summed E-state index contributed by atoms with van der Waals surface area (Å²) >= 11 is 0. The molecule has 0 aliphatic carbocycles. The third-order valence-electron chi connectivity index (χ3n) is 3.63. The molecule has 3 heteroatoms. The Morgan fingerprint density at radius 2 is 1.33 bits per heavy atom.